The van der Waals surface area contributed by atoms with Crippen molar-refractivity contribution in [3.8, 4) is 0 Å². The molecule has 1 fully saturated rings. The summed E-state index contributed by atoms with van der Waals surface area (Å²) in [6.45, 7) is 8.33. The van der Waals surface area contributed by atoms with Gasteiger partial charge in [-0.15, -0.1) is 0 Å². The molecule has 1 aliphatic heterocycles. The number of aromatic nitrogens is 3. The average molecular weight is 527 g/mol. The molecule has 0 spiro atoms. The van der Waals surface area contributed by atoms with Gasteiger partial charge in [0.05, 0.1) is 6.04 Å². The highest BCUT2D eigenvalue weighted by Crippen LogP contribution is 2.32. The summed E-state index contributed by atoms with van der Waals surface area (Å²) in [6.07, 6.45) is 1.07. The first-order valence-electron chi connectivity index (χ1n) is 12.4. The second-order valence-corrected chi connectivity index (χ2v) is 11.3. The molecule has 4 rings (SSSR count). The third-order valence-electron chi connectivity index (χ3n) is 6.41. The molecule has 1 aromatic carbocycles. The van der Waals surface area contributed by atoms with Gasteiger partial charge in [0.25, 0.3) is 5.56 Å². The Morgan fingerprint density at radius 1 is 1.24 bits per heavy atom. The lowest BCUT2D eigenvalue weighted by atomic mass is 10.2. The molecular formula is C26H34N6O4S. The van der Waals surface area contributed by atoms with Crippen LogP contribution in [0.4, 0.5) is 9.93 Å². The number of benzene rings is 1. The first kappa shape index (κ1) is 26.6. The molecule has 0 bridgehead atoms. The molecule has 0 aliphatic carbocycles. The number of amides is 2. The number of carbonyl (C=O) groups is 2. The number of nitrogens with one attached hydrogen (secondary N) is 1. The van der Waals surface area contributed by atoms with Gasteiger partial charge in [-0.25, -0.2) is 14.8 Å². The number of ether oxygens (including phenoxy) is 1. The number of carbonyl (C=O) groups excluding carboxylic acids is 2. The minimum Gasteiger partial charge on any atom is -0.444 e. The van der Waals surface area contributed by atoms with Crippen molar-refractivity contribution in [2.75, 3.05) is 18.5 Å². The number of hydrogen-bond donors (Lipinski definition) is 1. The van der Waals surface area contributed by atoms with Crippen molar-refractivity contribution < 1.29 is 14.3 Å². The van der Waals surface area contributed by atoms with Crippen molar-refractivity contribution >= 4 is 38.8 Å². The molecule has 10 nitrogen and oxygen atoms in total. The predicted molar refractivity (Wildman–Crippen MR) is 144 cm³/mol. The van der Waals surface area contributed by atoms with Gasteiger partial charge in [0.15, 0.2) is 15.5 Å². The monoisotopic (exact) mass is 526 g/mol. The van der Waals surface area contributed by atoms with E-state index in [1.807, 2.05) is 35.2 Å². The van der Waals surface area contributed by atoms with Gasteiger partial charge < -0.3 is 19.9 Å². The summed E-state index contributed by atoms with van der Waals surface area (Å²) in [5.41, 5.74) is 0.358. The molecule has 1 aliphatic rings. The molecule has 1 N–H and O–H groups in total. The van der Waals surface area contributed by atoms with Crippen LogP contribution in [-0.2, 0) is 23.1 Å². The summed E-state index contributed by atoms with van der Waals surface area (Å²) >= 11 is 1.29. The van der Waals surface area contributed by atoms with Crippen molar-refractivity contribution in [3.63, 3.8) is 0 Å². The van der Waals surface area contributed by atoms with Crippen LogP contribution in [0.25, 0.3) is 10.3 Å². The molecule has 11 heteroatoms. The van der Waals surface area contributed by atoms with E-state index in [0.717, 1.165) is 12.0 Å². The van der Waals surface area contributed by atoms with Crippen LogP contribution < -0.4 is 15.8 Å². The Labute approximate surface area is 220 Å². The molecule has 2 amide bonds. The Morgan fingerprint density at radius 3 is 2.62 bits per heavy atom. The van der Waals surface area contributed by atoms with Crippen molar-refractivity contribution in [1.29, 1.82) is 0 Å². The predicted octanol–water partition coefficient (Wildman–Crippen LogP) is 3.60. The van der Waals surface area contributed by atoms with Crippen molar-refractivity contribution in [2.45, 2.75) is 64.8 Å². The molecule has 2 aromatic heterocycles. The number of fused-ring (bicyclic) bond motifs is 1. The summed E-state index contributed by atoms with van der Waals surface area (Å²) in [7, 11) is 3.24. The molecule has 2 atom stereocenters. The third-order valence-corrected chi connectivity index (χ3v) is 7.40. The molecular weight excluding hydrogens is 492 g/mol. The summed E-state index contributed by atoms with van der Waals surface area (Å²) in [5.74, 6) is 0.370. The van der Waals surface area contributed by atoms with Gasteiger partial charge in [0.1, 0.15) is 17.5 Å². The van der Waals surface area contributed by atoms with E-state index in [9.17, 15) is 14.4 Å². The van der Waals surface area contributed by atoms with Gasteiger partial charge >= 0.3 is 6.09 Å². The first-order chi connectivity index (χ1) is 17.5. The molecule has 3 heterocycles. The fourth-order valence-electron chi connectivity index (χ4n) is 4.29. The maximum absolute atomic E-state index is 13.2. The minimum absolute atomic E-state index is 0.0604. The highest BCUT2D eigenvalue weighted by Gasteiger charge is 2.34. The van der Waals surface area contributed by atoms with Gasteiger partial charge in [0, 0.05) is 27.2 Å². The fourth-order valence-corrected chi connectivity index (χ4v) is 5.31. The fraction of sp³-hybridized carbons (Fsp3) is 0.500. The standard InChI is InChI=1S/C26H34N6O4S/c1-16(30(5)25(35)36-26(2,3)4)20-29-22-19(23(34)31(20)6)28-24(37-22)32-14-10-13-18(32)21(33)27-15-17-11-8-7-9-12-17/h7-9,11-12,16,18H,10,13-15H2,1-6H3,(H,27,33)/t16-,18-/m1/s1. The van der Waals surface area contributed by atoms with Crippen LogP contribution >= 0.6 is 11.3 Å². The topological polar surface area (TPSA) is 110 Å². The van der Waals surface area contributed by atoms with Gasteiger partial charge in [-0.2, -0.15) is 0 Å². The van der Waals surface area contributed by atoms with E-state index in [0.29, 0.717) is 35.3 Å². The van der Waals surface area contributed by atoms with Gasteiger partial charge in [-0.05, 0) is 46.1 Å². The van der Waals surface area contributed by atoms with E-state index >= 15 is 0 Å². The van der Waals surface area contributed by atoms with Crippen LogP contribution in [0, 0.1) is 0 Å². The van der Waals surface area contributed by atoms with Crippen LogP contribution in [0.1, 0.15) is 58.0 Å². The van der Waals surface area contributed by atoms with Crippen molar-refractivity contribution in [2.24, 2.45) is 7.05 Å². The Hall–Kier alpha value is -3.47. The highest BCUT2D eigenvalue weighted by atomic mass is 32.1. The van der Waals surface area contributed by atoms with Gasteiger partial charge in [-0.3, -0.25) is 14.2 Å². The lowest BCUT2D eigenvalue weighted by Gasteiger charge is -2.28. The van der Waals surface area contributed by atoms with Gasteiger partial charge in [-0.1, -0.05) is 41.7 Å². The molecule has 0 radical (unpaired) electrons. The van der Waals surface area contributed by atoms with Crippen LogP contribution in [0.5, 0.6) is 0 Å². The molecule has 0 unspecified atom stereocenters. The Morgan fingerprint density at radius 2 is 1.95 bits per heavy atom. The third kappa shape index (κ3) is 5.76. The zero-order chi connectivity index (χ0) is 26.9. The van der Waals surface area contributed by atoms with E-state index in [1.165, 1.54) is 20.8 Å². The smallest absolute Gasteiger partial charge is 0.410 e. The number of rotatable bonds is 6. The van der Waals surface area contributed by atoms with E-state index < -0.39 is 17.7 Å². The lowest BCUT2D eigenvalue weighted by molar-refractivity contribution is -0.122. The molecule has 1 saturated heterocycles. The van der Waals surface area contributed by atoms with Crippen molar-refractivity contribution in [3.05, 3.63) is 52.1 Å². The number of anilines is 1. The molecule has 0 saturated carbocycles. The molecule has 198 valence electrons. The van der Waals surface area contributed by atoms with E-state index in [-0.39, 0.29) is 23.0 Å². The maximum atomic E-state index is 13.2. The summed E-state index contributed by atoms with van der Waals surface area (Å²) < 4.78 is 6.89. The van der Waals surface area contributed by atoms with E-state index in [1.54, 1.807) is 41.8 Å². The summed E-state index contributed by atoms with van der Waals surface area (Å²) in [5, 5.41) is 3.62. The maximum Gasteiger partial charge on any atom is 0.410 e. The average Bonchev–Trinajstić information content (AvgIpc) is 3.51. The Bertz CT molecular complexity index is 1350. The van der Waals surface area contributed by atoms with Crippen molar-refractivity contribution in [1.82, 2.24) is 24.8 Å². The minimum atomic E-state index is -0.638. The quantitative estimate of drug-likeness (QED) is 0.523. The highest BCUT2D eigenvalue weighted by molar-refractivity contribution is 7.21. The number of thiazole rings is 1. The van der Waals surface area contributed by atoms with E-state index in [2.05, 4.69) is 10.3 Å². The molecule has 3 aromatic rings. The summed E-state index contributed by atoms with van der Waals surface area (Å²) in [6, 6.07) is 8.91. The SMILES string of the molecule is C[C@H](c1nc2sc(N3CCC[C@@H]3C(=O)NCc3ccccc3)nc2c(=O)n1C)N(C)C(=O)OC(C)(C)C. The van der Waals surface area contributed by atoms with Crippen LogP contribution in [0.15, 0.2) is 35.1 Å². The largest absolute Gasteiger partial charge is 0.444 e. The second-order valence-electron chi connectivity index (χ2n) is 10.3. The zero-order valence-electron chi connectivity index (χ0n) is 22.1. The first-order valence-corrected chi connectivity index (χ1v) is 13.2. The summed E-state index contributed by atoms with van der Waals surface area (Å²) in [4.78, 5) is 52.0. The van der Waals surface area contributed by atoms with Crippen LogP contribution in [0.2, 0.25) is 0 Å². The number of hydrogen-bond acceptors (Lipinski definition) is 8. The van der Waals surface area contributed by atoms with E-state index in [4.69, 9.17) is 9.72 Å². The molecule has 37 heavy (non-hydrogen) atoms. The number of nitrogens with zero attached hydrogens (tertiary/aromatic N) is 5. The second kappa shape index (κ2) is 10.5. The van der Waals surface area contributed by atoms with Gasteiger partial charge in [0.2, 0.25) is 5.91 Å². The Kier molecular flexibility index (Phi) is 7.54. The normalized spacial score (nSPS) is 16.6. The van der Waals surface area contributed by atoms with Crippen LogP contribution in [-0.4, -0.2) is 56.7 Å². The van der Waals surface area contributed by atoms with Crippen LogP contribution in [0.3, 0.4) is 0 Å². The lowest BCUT2D eigenvalue weighted by Crippen LogP contribution is -2.43. The Balaban J connectivity index is 1.57. The zero-order valence-corrected chi connectivity index (χ0v) is 23.0.